The van der Waals surface area contributed by atoms with Gasteiger partial charge in [0, 0.05) is 11.0 Å². The van der Waals surface area contributed by atoms with E-state index in [1.165, 1.54) is 16.7 Å². The molecular formula is C14H24S. The predicted octanol–water partition coefficient (Wildman–Crippen LogP) is 4.84. The molecule has 15 heavy (non-hydrogen) atoms. The van der Waals surface area contributed by atoms with Crippen molar-refractivity contribution < 1.29 is 0 Å². The average Bonchev–Trinajstić information content (AvgIpc) is 2.10. The molecule has 0 nitrogen and oxygen atoms in total. The zero-order valence-electron chi connectivity index (χ0n) is 10.6. The van der Waals surface area contributed by atoms with Crippen molar-refractivity contribution in [1.82, 2.24) is 0 Å². The molecule has 0 aliphatic heterocycles. The van der Waals surface area contributed by atoms with E-state index in [-0.39, 0.29) is 0 Å². The Morgan fingerprint density at radius 3 is 1.93 bits per heavy atom. The standard InChI is InChI=1S/C14H24S/c1-10(2)8-14(12(5)6)15-9-13(7)11(3)4/h13-14H,1,3,5,8-9H2,2,4,6-7H3. The van der Waals surface area contributed by atoms with E-state index in [1.54, 1.807) is 0 Å². The zero-order valence-corrected chi connectivity index (χ0v) is 11.4. The first-order chi connectivity index (χ1) is 6.84. The molecule has 2 unspecified atom stereocenters. The molecule has 0 aliphatic carbocycles. The molecule has 0 aromatic carbocycles. The van der Waals surface area contributed by atoms with E-state index < -0.39 is 0 Å². The van der Waals surface area contributed by atoms with Crippen LogP contribution < -0.4 is 0 Å². The smallest absolute Gasteiger partial charge is 0.0288 e. The summed E-state index contributed by atoms with van der Waals surface area (Å²) in [4.78, 5) is 0. The van der Waals surface area contributed by atoms with E-state index in [2.05, 4.69) is 47.4 Å². The highest BCUT2D eigenvalue weighted by atomic mass is 32.2. The fraction of sp³-hybridized carbons (Fsp3) is 0.571. The van der Waals surface area contributed by atoms with Gasteiger partial charge in [0.2, 0.25) is 0 Å². The normalized spacial score (nSPS) is 14.4. The van der Waals surface area contributed by atoms with Crippen molar-refractivity contribution in [2.24, 2.45) is 5.92 Å². The van der Waals surface area contributed by atoms with E-state index in [0.717, 1.165) is 12.2 Å². The predicted molar refractivity (Wildman–Crippen MR) is 74.5 cm³/mol. The molecular weight excluding hydrogens is 200 g/mol. The summed E-state index contributed by atoms with van der Waals surface area (Å²) in [5.74, 6) is 1.71. The molecule has 0 saturated carbocycles. The lowest BCUT2D eigenvalue weighted by atomic mass is 10.1. The molecule has 0 heterocycles. The van der Waals surface area contributed by atoms with Gasteiger partial charge in [-0.25, -0.2) is 0 Å². The van der Waals surface area contributed by atoms with Gasteiger partial charge in [-0.1, -0.05) is 36.8 Å². The van der Waals surface area contributed by atoms with E-state index >= 15 is 0 Å². The van der Waals surface area contributed by atoms with E-state index in [9.17, 15) is 0 Å². The van der Waals surface area contributed by atoms with Crippen LogP contribution in [-0.4, -0.2) is 11.0 Å². The van der Waals surface area contributed by atoms with Crippen molar-refractivity contribution in [3.05, 3.63) is 36.5 Å². The lowest BCUT2D eigenvalue weighted by Crippen LogP contribution is -2.09. The van der Waals surface area contributed by atoms with Gasteiger partial charge in [0.25, 0.3) is 0 Å². The molecule has 2 atom stereocenters. The van der Waals surface area contributed by atoms with Crippen LogP contribution in [0, 0.1) is 5.92 Å². The second kappa shape index (κ2) is 6.95. The van der Waals surface area contributed by atoms with Gasteiger partial charge in [0.1, 0.15) is 0 Å². The van der Waals surface area contributed by atoms with Gasteiger partial charge >= 0.3 is 0 Å². The first-order valence-corrected chi connectivity index (χ1v) is 6.46. The molecule has 0 aromatic heterocycles. The number of hydrogen-bond donors (Lipinski definition) is 0. The van der Waals surface area contributed by atoms with Gasteiger partial charge in [-0.05, 0) is 33.1 Å². The van der Waals surface area contributed by atoms with Crippen molar-refractivity contribution in [1.29, 1.82) is 0 Å². The van der Waals surface area contributed by atoms with Crippen LogP contribution in [-0.2, 0) is 0 Å². The van der Waals surface area contributed by atoms with Crippen LogP contribution in [0.5, 0.6) is 0 Å². The van der Waals surface area contributed by atoms with Gasteiger partial charge in [0.15, 0.2) is 0 Å². The Kier molecular flexibility index (Phi) is 6.75. The van der Waals surface area contributed by atoms with Crippen molar-refractivity contribution >= 4 is 11.8 Å². The minimum absolute atomic E-state index is 0.518. The monoisotopic (exact) mass is 224 g/mol. The SMILES string of the molecule is C=C(C)CC(SCC(C)C(=C)C)C(=C)C. The van der Waals surface area contributed by atoms with Gasteiger partial charge in [-0.2, -0.15) is 11.8 Å². The van der Waals surface area contributed by atoms with Gasteiger partial charge in [0.05, 0.1) is 0 Å². The maximum Gasteiger partial charge on any atom is 0.0288 e. The van der Waals surface area contributed by atoms with E-state index in [4.69, 9.17) is 0 Å². The molecule has 1 heteroatoms. The third kappa shape index (κ3) is 6.62. The summed E-state index contributed by atoms with van der Waals surface area (Å²) in [6.07, 6.45) is 1.04. The van der Waals surface area contributed by atoms with Gasteiger partial charge in [-0.3, -0.25) is 0 Å². The molecule has 86 valence electrons. The number of thioether (sulfide) groups is 1. The Labute approximate surface area is 99.5 Å². The minimum atomic E-state index is 0.518. The minimum Gasteiger partial charge on any atom is -0.153 e. The second-order valence-corrected chi connectivity index (χ2v) is 5.81. The Hall–Kier alpha value is -0.430. The molecule has 0 rings (SSSR count). The lowest BCUT2D eigenvalue weighted by molar-refractivity contribution is 0.783. The summed E-state index contributed by atoms with van der Waals surface area (Å²) in [5, 5.41) is 0.518. The molecule has 0 N–H and O–H groups in total. The molecule has 0 amide bonds. The largest absolute Gasteiger partial charge is 0.153 e. The van der Waals surface area contributed by atoms with Crippen LogP contribution in [0.2, 0.25) is 0 Å². The number of hydrogen-bond acceptors (Lipinski definition) is 1. The van der Waals surface area contributed by atoms with Crippen molar-refractivity contribution in [2.45, 2.75) is 39.4 Å². The Bertz CT molecular complexity index is 250. The second-order valence-electron chi connectivity index (χ2n) is 4.58. The maximum absolute atomic E-state index is 4.05. The zero-order chi connectivity index (χ0) is 12.0. The topological polar surface area (TPSA) is 0 Å². The Morgan fingerprint density at radius 2 is 1.60 bits per heavy atom. The first kappa shape index (κ1) is 14.6. The molecule has 0 radical (unpaired) electrons. The van der Waals surface area contributed by atoms with Crippen molar-refractivity contribution in [3.63, 3.8) is 0 Å². The molecule has 0 aliphatic rings. The molecule has 0 saturated heterocycles. The van der Waals surface area contributed by atoms with Crippen LogP contribution in [0.15, 0.2) is 36.5 Å². The van der Waals surface area contributed by atoms with E-state index in [0.29, 0.717) is 11.2 Å². The van der Waals surface area contributed by atoms with E-state index in [1.807, 2.05) is 11.8 Å². The van der Waals surface area contributed by atoms with Crippen LogP contribution in [0.3, 0.4) is 0 Å². The number of rotatable bonds is 7. The van der Waals surface area contributed by atoms with Gasteiger partial charge in [-0.15, -0.1) is 6.58 Å². The summed E-state index contributed by atoms with van der Waals surface area (Å²) in [6.45, 7) is 20.5. The highest BCUT2D eigenvalue weighted by Gasteiger charge is 2.12. The summed E-state index contributed by atoms with van der Waals surface area (Å²) in [5.41, 5.74) is 3.74. The lowest BCUT2D eigenvalue weighted by Gasteiger charge is -2.19. The third-order valence-electron chi connectivity index (χ3n) is 2.47. The molecule has 0 aromatic rings. The summed E-state index contributed by atoms with van der Waals surface area (Å²) < 4.78 is 0. The summed E-state index contributed by atoms with van der Waals surface area (Å²) >= 11 is 1.97. The molecule has 0 fully saturated rings. The Balaban J connectivity index is 4.13. The molecule has 0 spiro atoms. The first-order valence-electron chi connectivity index (χ1n) is 5.41. The van der Waals surface area contributed by atoms with Crippen LogP contribution in [0.1, 0.15) is 34.1 Å². The summed E-state index contributed by atoms with van der Waals surface area (Å²) in [6, 6.07) is 0. The average molecular weight is 224 g/mol. The van der Waals surface area contributed by atoms with Gasteiger partial charge < -0.3 is 0 Å². The fourth-order valence-electron chi connectivity index (χ4n) is 1.09. The van der Waals surface area contributed by atoms with Crippen LogP contribution >= 0.6 is 11.8 Å². The van der Waals surface area contributed by atoms with Crippen molar-refractivity contribution in [2.75, 3.05) is 5.75 Å². The molecule has 0 bridgehead atoms. The number of allylic oxidation sites excluding steroid dienone is 2. The Morgan fingerprint density at radius 1 is 1.07 bits per heavy atom. The highest BCUT2D eigenvalue weighted by molar-refractivity contribution is 8.00. The third-order valence-corrected chi connectivity index (χ3v) is 4.14. The fourth-order valence-corrected chi connectivity index (χ4v) is 2.59. The van der Waals surface area contributed by atoms with Crippen LogP contribution in [0.25, 0.3) is 0 Å². The highest BCUT2D eigenvalue weighted by Crippen LogP contribution is 2.27. The maximum atomic E-state index is 4.05. The summed E-state index contributed by atoms with van der Waals surface area (Å²) in [7, 11) is 0. The van der Waals surface area contributed by atoms with Crippen molar-refractivity contribution in [3.8, 4) is 0 Å². The van der Waals surface area contributed by atoms with Crippen LogP contribution in [0.4, 0.5) is 0 Å². The quantitative estimate of drug-likeness (QED) is 0.557.